The zero-order valence-electron chi connectivity index (χ0n) is 12.1. The van der Waals surface area contributed by atoms with E-state index < -0.39 is 6.08 Å². The maximum atomic E-state index is 13.3. The predicted molar refractivity (Wildman–Crippen MR) is 81.5 cm³/mol. The van der Waals surface area contributed by atoms with Crippen LogP contribution in [-0.4, -0.2) is 18.0 Å². The number of rotatable bonds is 9. The van der Waals surface area contributed by atoms with Crippen molar-refractivity contribution in [2.24, 2.45) is 0 Å². The Morgan fingerprint density at radius 3 is 2.40 bits per heavy atom. The SMILES string of the molecule is C=CCN(CCCCCC)C(=C(F)F)c1ccccc1. The second kappa shape index (κ2) is 9.29. The first-order valence-corrected chi connectivity index (χ1v) is 7.17. The molecule has 1 aromatic carbocycles. The number of halogens is 2. The first-order chi connectivity index (χ1) is 9.70. The van der Waals surface area contributed by atoms with Gasteiger partial charge in [0.1, 0.15) is 5.70 Å². The summed E-state index contributed by atoms with van der Waals surface area (Å²) in [5.74, 6) is 0. The third-order valence-corrected chi connectivity index (χ3v) is 3.17. The highest BCUT2D eigenvalue weighted by atomic mass is 19.3. The molecule has 1 nitrogen and oxygen atoms in total. The Hall–Kier alpha value is -1.64. The zero-order valence-corrected chi connectivity index (χ0v) is 12.1. The van der Waals surface area contributed by atoms with E-state index in [0.717, 1.165) is 25.7 Å². The van der Waals surface area contributed by atoms with Crippen LogP contribution in [0.5, 0.6) is 0 Å². The monoisotopic (exact) mass is 279 g/mol. The summed E-state index contributed by atoms with van der Waals surface area (Å²) >= 11 is 0. The van der Waals surface area contributed by atoms with Crippen molar-refractivity contribution in [3.63, 3.8) is 0 Å². The van der Waals surface area contributed by atoms with Gasteiger partial charge in [-0.2, -0.15) is 8.78 Å². The molecule has 0 aliphatic carbocycles. The van der Waals surface area contributed by atoms with Crippen LogP contribution in [-0.2, 0) is 0 Å². The second-order valence-corrected chi connectivity index (χ2v) is 4.77. The van der Waals surface area contributed by atoms with Gasteiger partial charge in [-0.1, -0.05) is 62.6 Å². The largest absolute Gasteiger partial charge is 0.363 e. The lowest BCUT2D eigenvalue weighted by Crippen LogP contribution is -2.24. The molecule has 0 bridgehead atoms. The Kier molecular flexibility index (Phi) is 7.63. The van der Waals surface area contributed by atoms with Gasteiger partial charge in [-0.3, -0.25) is 0 Å². The van der Waals surface area contributed by atoms with Gasteiger partial charge in [0.05, 0.1) is 0 Å². The summed E-state index contributed by atoms with van der Waals surface area (Å²) < 4.78 is 26.7. The molecule has 1 aromatic rings. The van der Waals surface area contributed by atoms with Crippen molar-refractivity contribution in [1.82, 2.24) is 4.90 Å². The highest BCUT2D eigenvalue weighted by molar-refractivity contribution is 5.64. The van der Waals surface area contributed by atoms with E-state index in [4.69, 9.17) is 0 Å². The molecule has 0 spiro atoms. The van der Waals surface area contributed by atoms with Gasteiger partial charge in [0, 0.05) is 18.7 Å². The standard InChI is InChI=1S/C17H23F2N/c1-3-5-6-10-14-20(13-4-2)16(17(18)19)15-11-8-7-9-12-15/h4,7-9,11-12H,2-3,5-6,10,13-14H2,1H3. The van der Waals surface area contributed by atoms with Gasteiger partial charge < -0.3 is 4.90 Å². The molecule has 0 atom stereocenters. The van der Waals surface area contributed by atoms with Crippen molar-refractivity contribution >= 4 is 5.70 Å². The molecular weight excluding hydrogens is 256 g/mol. The van der Waals surface area contributed by atoms with Crippen LogP contribution in [0.25, 0.3) is 5.70 Å². The fourth-order valence-electron chi connectivity index (χ4n) is 2.19. The molecule has 0 aliphatic rings. The first kappa shape index (κ1) is 16.4. The minimum Gasteiger partial charge on any atom is -0.363 e. The molecule has 110 valence electrons. The van der Waals surface area contributed by atoms with E-state index in [9.17, 15) is 8.78 Å². The van der Waals surface area contributed by atoms with Crippen LogP contribution in [0.3, 0.4) is 0 Å². The van der Waals surface area contributed by atoms with E-state index in [0.29, 0.717) is 18.7 Å². The third kappa shape index (κ3) is 5.16. The van der Waals surface area contributed by atoms with E-state index in [1.165, 1.54) is 0 Å². The Bertz CT molecular complexity index is 422. The fourth-order valence-corrected chi connectivity index (χ4v) is 2.19. The summed E-state index contributed by atoms with van der Waals surface area (Å²) in [4.78, 5) is 1.72. The molecule has 0 radical (unpaired) electrons. The van der Waals surface area contributed by atoms with Crippen molar-refractivity contribution in [3.05, 3.63) is 54.6 Å². The maximum Gasteiger partial charge on any atom is 0.294 e. The fraction of sp³-hybridized carbons (Fsp3) is 0.412. The molecule has 0 saturated carbocycles. The molecule has 0 unspecified atom stereocenters. The molecule has 0 fully saturated rings. The summed E-state index contributed by atoms with van der Waals surface area (Å²) in [6, 6.07) is 8.83. The molecule has 0 N–H and O–H groups in total. The molecule has 0 aliphatic heterocycles. The van der Waals surface area contributed by atoms with Gasteiger partial charge in [0.15, 0.2) is 0 Å². The molecule has 0 saturated heterocycles. The summed E-state index contributed by atoms with van der Waals surface area (Å²) in [6.45, 7) is 6.88. The van der Waals surface area contributed by atoms with Gasteiger partial charge in [-0.15, -0.1) is 6.58 Å². The second-order valence-electron chi connectivity index (χ2n) is 4.77. The summed E-state index contributed by atoms with van der Waals surface area (Å²) in [5, 5.41) is 0. The molecule has 0 heterocycles. The van der Waals surface area contributed by atoms with Crippen molar-refractivity contribution < 1.29 is 8.78 Å². The zero-order chi connectivity index (χ0) is 14.8. The minimum absolute atomic E-state index is 0.0296. The highest BCUT2D eigenvalue weighted by Crippen LogP contribution is 2.25. The van der Waals surface area contributed by atoms with Gasteiger partial charge in [0.25, 0.3) is 6.08 Å². The van der Waals surface area contributed by atoms with Crippen LogP contribution in [0, 0.1) is 0 Å². The van der Waals surface area contributed by atoms with Crippen LogP contribution in [0.2, 0.25) is 0 Å². The Balaban J connectivity index is 2.85. The van der Waals surface area contributed by atoms with Crippen molar-refractivity contribution in [2.75, 3.05) is 13.1 Å². The predicted octanol–water partition coefficient (Wildman–Crippen LogP) is 5.32. The Morgan fingerprint density at radius 1 is 1.15 bits per heavy atom. The van der Waals surface area contributed by atoms with Gasteiger partial charge >= 0.3 is 0 Å². The third-order valence-electron chi connectivity index (χ3n) is 3.17. The van der Waals surface area contributed by atoms with Gasteiger partial charge in [0.2, 0.25) is 0 Å². The number of nitrogens with zero attached hydrogens (tertiary/aromatic N) is 1. The molecular formula is C17H23F2N. The normalized spacial score (nSPS) is 10.2. The van der Waals surface area contributed by atoms with Crippen molar-refractivity contribution in [1.29, 1.82) is 0 Å². The van der Waals surface area contributed by atoms with E-state index in [2.05, 4.69) is 13.5 Å². The molecule has 20 heavy (non-hydrogen) atoms. The molecule has 3 heteroatoms. The summed E-state index contributed by atoms with van der Waals surface area (Å²) in [7, 11) is 0. The number of unbranched alkanes of at least 4 members (excludes halogenated alkanes) is 3. The lowest BCUT2D eigenvalue weighted by molar-refractivity contribution is 0.365. The maximum absolute atomic E-state index is 13.3. The molecule has 0 aromatic heterocycles. The van der Waals surface area contributed by atoms with Crippen LogP contribution >= 0.6 is 0 Å². The van der Waals surface area contributed by atoms with E-state index in [1.807, 2.05) is 6.07 Å². The number of hydrogen-bond donors (Lipinski definition) is 0. The lowest BCUT2D eigenvalue weighted by Gasteiger charge is -2.25. The average Bonchev–Trinajstić information content (AvgIpc) is 2.44. The smallest absolute Gasteiger partial charge is 0.294 e. The van der Waals surface area contributed by atoms with Crippen molar-refractivity contribution in [2.45, 2.75) is 32.6 Å². The Morgan fingerprint density at radius 2 is 1.85 bits per heavy atom. The quantitative estimate of drug-likeness (QED) is 0.437. The van der Waals surface area contributed by atoms with Crippen molar-refractivity contribution in [3.8, 4) is 0 Å². The lowest BCUT2D eigenvalue weighted by atomic mass is 10.1. The Labute approximate surface area is 120 Å². The van der Waals surface area contributed by atoms with E-state index in [-0.39, 0.29) is 5.70 Å². The number of benzene rings is 1. The topological polar surface area (TPSA) is 3.24 Å². The molecule has 1 rings (SSSR count). The van der Waals surface area contributed by atoms with Crippen LogP contribution < -0.4 is 0 Å². The minimum atomic E-state index is -1.63. The van der Waals surface area contributed by atoms with E-state index in [1.54, 1.807) is 35.2 Å². The van der Waals surface area contributed by atoms with E-state index >= 15 is 0 Å². The van der Waals surface area contributed by atoms with Crippen LogP contribution in [0.4, 0.5) is 8.78 Å². The summed E-state index contributed by atoms with van der Waals surface area (Å²) in [6.07, 6.45) is 4.32. The molecule has 0 amide bonds. The van der Waals surface area contributed by atoms with Gasteiger partial charge in [-0.05, 0) is 6.42 Å². The van der Waals surface area contributed by atoms with Crippen LogP contribution in [0.1, 0.15) is 38.2 Å². The van der Waals surface area contributed by atoms with Crippen LogP contribution in [0.15, 0.2) is 49.1 Å². The van der Waals surface area contributed by atoms with Gasteiger partial charge in [-0.25, -0.2) is 0 Å². The number of hydrogen-bond acceptors (Lipinski definition) is 1. The highest BCUT2D eigenvalue weighted by Gasteiger charge is 2.16. The summed E-state index contributed by atoms with van der Waals surface area (Å²) in [5.41, 5.74) is 0.590. The first-order valence-electron chi connectivity index (χ1n) is 7.17. The average molecular weight is 279 g/mol.